The van der Waals surface area contributed by atoms with Crippen LogP contribution in [0.4, 0.5) is 4.39 Å². The highest BCUT2D eigenvalue weighted by Crippen LogP contribution is 2.27. The van der Waals surface area contributed by atoms with Crippen molar-refractivity contribution in [2.75, 3.05) is 7.05 Å². The smallest absolute Gasteiger partial charge is 0.255 e. The molecular formula is C18H21FN2O2. The summed E-state index contributed by atoms with van der Waals surface area (Å²) in [6.07, 6.45) is 3.44. The number of rotatable bonds is 6. The lowest BCUT2D eigenvalue weighted by Gasteiger charge is -2.13. The average Bonchev–Trinajstić information content (AvgIpc) is 2.58. The van der Waals surface area contributed by atoms with Crippen molar-refractivity contribution >= 4 is 5.91 Å². The maximum Gasteiger partial charge on any atom is 0.255 e. The predicted molar refractivity (Wildman–Crippen MR) is 87.4 cm³/mol. The lowest BCUT2D eigenvalue weighted by molar-refractivity contribution is 0.0962. The number of hydrogen-bond acceptors (Lipinski definition) is 3. The first-order valence-corrected chi connectivity index (χ1v) is 7.74. The molecule has 0 aliphatic carbocycles. The van der Waals surface area contributed by atoms with Crippen molar-refractivity contribution in [3.63, 3.8) is 0 Å². The zero-order chi connectivity index (χ0) is 16.8. The Morgan fingerprint density at radius 3 is 2.43 bits per heavy atom. The maximum atomic E-state index is 14.0. The van der Waals surface area contributed by atoms with Crippen LogP contribution in [0.3, 0.4) is 0 Å². The van der Waals surface area contributed by atoms with Crippen LogP contribution in [0, 0.1) is 5.82 Å². The van der Waals surface area contributed by atoms with E-state index in [2.05, 4.69) is 24.1 Å². The minimum Gasteiger partial charge on any atom is -0.436 e. The normalized spacial score (nSPS) is 10.7. The third-order valence-corrected chi connectivity index (χ3v) is 3.85. The third-order valence-electron chi connectivity index (χ3n) is 3.85. The summed E-state index contributed by atoms with van der Waals surface area (Å²) in [6, 6.07) is 8.70. The highest BCUT2D eigenvalue weighted by atomic mass is 19.1. The third kappa shape index (κ3) is 4.06. The highest BCUT2D eigenvalue weighted by Gasteiger charge is 2.12. The number of aromatic nitrogens is 1. The summed E-state index contributed by atoms with van der Waals surface area (Å²) in [4.78, 5) is 15.3. The van der Waals surface area contributed by atoms with E-state index in [1.54, 1.807) is 12.1 Å². The minimum absolute atomic E-state index is 0.145. The second kappa shape index (κ2) is 7.72. The van der Waals surface area contributed by atoms with E-state index in [0.29, 0.717) is 11.7 Å². The molecule has 1 heterocycles. The largest absolute Gasteiger partial charge is 0.436 e. The van der Waals surface area contributed by atoms with Crippen LogP contribution in [0.1, 0.15) is 48.5 Å². The van der Waals surface area contributed by atoms with E-state index in [4.69, 9.17) is 4.74 Å². The zero-order valence-electron chi connectivity index (χ0n) is 13.6. The van der Waals surface area contributed by atoms with E-state index < -0.39 is 11.7 Å². The number of halogens is 1. The molecule has 1 aromatic carbocycles. The molecule has 1 amide bonds. The summed E-state index contributed by atoms with van der Waals surface area (Å²) in [7, 11) is 1.48. The van der Waals surface area contributed by atoms with Gasteiger partial charge < -0.3 is 10.1 Å². The Morgan fingerprint density at radius 2 is 1.91 bits per heavy atom. The van der Waals surface area contributed by atoms with Gasteiger partial charge in [0.25, 0.3) is 11.8 Å². The van der Waals surface area contributed by atoms with Crippen molar-refractivity contribution in [3.8, 4) is 11.6 Å². The zero-order valence-corrected chi connectivity index (χ0v) is 13.6. The number of pyridine rings is 1. The Labute approximate surface area is 135 Å². The number of carbonyl (C=O) groups is 1. The van der Waals surface area contributed by atoms with Gasteiger partial charge in [0.05, 0.1) is 5.56 Å². The lowest BCUT2D eigenvalue weighted by atomic mass is 9.94. The maximum absolute atomic E-state index is 14.0. The van der Waals surface area contributed by atoms with Gasteiger partial charge in [-0.15, -0.1) is 0 Å². The van der Waals surface area contributed by atoms with Gasteiger partial charge in [-0.3, -0.25) is 4.79 Å². The van der Waals surface area contributed by atoms with Gasteiger partial charge in [-0.1, -0.05) is 26.0 Å². The van der Waals surface area contributed by atoms with Gasteiger partial charge >= 0.3 is 0 Å². The van der Waals surface area contributed by atoms with Crippen molar-refractivity contribution in [1.82, 2.24) is 10.3 Å². The molecule has 0 unspecified atom stereocenters. The first kappa shape index (κ1) is 16.9. The average molecular weight is 316 g/mol. The second-order valence-corrected chi connectivity index (χ2v) is 5.27. The van der Waals surface area contributed by atoms with E-state index in [0.717, 1.165) is 18.9 Å². The summed E-state index contributed by atoms with van der Waals surface area (Å²) >= 11 is 0. The number of hydrogen-bond donors (Lipinski definition) is 1. The molecule has 0 aliphatic heterocycles. The molecule has 1 aromatic heterocycles. The van der Waals surface area contributed by atoms with E-state index in [9.17, 15) is 9.18 Å². The van der Waals surface area contributed by atoms with Crippen LogP contribution in [-0.2, 0) is 0 Å². The molecule has 0 spiro atoms. The molecule has 0 aliphatic rings. The first-order chi connectivity index (χ1) is 11.1. The van der Waals surface area contributed by atoms with E-state index >= 15 is 0 Å². The SMILES string of the molecule is CCC(CC)c1ccc(Oc2ncc(C(=O)NC)cc2F)cc1. The van der Waals surface area contributed by atoms with E-state index in [1.165, 1.54) is 18.8 Å². The highest BCUT2D eigenvalue weighted by molar-refractivity contribution is 5.93. The molecule has 0 radical (unpaired) electrons. The van der Waals surface area contributed by atoms with Gasteiger partial charge in [0.2, 0.25) is 0 Å². The van der Waals surface area contributed by atoms with Crippen molar-refractivity contribution in [2.24, 2.45) is 0 Å². The van der Waals surface area contributed by atoms with Gasteiger partial charge in [-0.25, -0.2) is 9.37 Å². The Kier molecular flexibility index (Phi) is 5.68. The summed E-state index contributed by atoms with van der Waals surface area (Å²) < 4.78 is 19.4. The van der Waals surface area contributed by atoms with Crippen molar-refractivity contribution in [2.45, 2.75) is 32.6 Å². The molecule has 4 nitrogen and oxygen atoms in total. The fourth-order valence-electron chi connectivity index (χ4n) is 2.45. The van der Waals surface area contributed by atoms with Gasteiger partial charge in [0, 0.05) is 13.2 Å². The minimum atomic E-state index is -0.671. The number of nitrogens with zero attached hydrogens (tertiary/aromatic N) is 1. The van der Waals surface area contributed by atoms with Crippen molar-refractivity contribution < 1.29 is 13.9 Å². The monoisotopic (exact) mass is 316 g/mol. The number of carbonyl (C=O) groups excluding carboxylic acids is 1. The molecule has 0 bridgehead atoms. The lowest BCUT2D eigenvalue weighted by Crippen LogP contribution is -2.18. The van der Waals surface area contributed by atoms with Crippen LogP contribution < -0.4 is 10.1 Å². The molecule has 2 aromatic rings. The number of ether oxygens (including phenoxy) is 1. The number of benzene rings is 1. The summed E-state index contributed by atoms with van der Waals surface area (Å²) in [6.45, 7) is 4.32. The molecule has 0 fully saturated rings. The molecule has 0 atom stereocenters. The summed E-state index contributed by atoms with van der Waals surface area (Å²) in [5, 5.41) is 2.42. The van der Waals surface area contributed by atoms with Crippen molar-refractivity contribution in [3.05, 3.63) is 53.5 Å². The second-order valence-electron chi connectivity index (χ2n) is 5.27. The molecule has 1 N–H and O–H groups in total. The van der Waals surface area contributed by atoms with Crippen LogP contribution in [0.15, 0.2) is 36.5 Å². The molecule has 5 heteroatoms. The van der Waals surface area contributed by atoms with Crippen LogP contribution in [-0.4, -0.2) is 17.9 Å². The molecule has 0 saturated carbocycles. The predicted octanol–water partition coefficient (Wildman–Crippen LogP) is 4.28. The van der Waals surface area contributed by atoms with Crippen LogP contribution in [0.25, 0.3) is 0 Å². The van der Waals surface area contributed by atoms with E-state index in [-0.39, 0.29) is 11.4 Å². The standard InChI is InChI=1S/C18H21FN2O2/c1-4-12(5-2)13-6-8-15(9-7-13)23-18-16(19)10-14(11-21-18)17(22)20-3/h6-12H,4-5H2,1-3H3,(H,20,22). The van der Waals surface area contributed by atoms with Gasteiger partial charge in [0.15, 0.2) is 5.82 Å². The van der Waals surface area contributed by atoms with Crippen LogP contribution in [0.5, 0.6) is 11.6 Å². The molecular weight excluding hydrogens is 295 g/mol. The van der Waals surface area contributed by atoms with Crippen LogP contribution >= 0.6 is 0 Å². The van der Waals surface area contributed by atoms with Gasteiger partial charge in [-0.2, -0.15) is 0 Å². The Hall–Kier alpha value is -2.43. The molecule has 0 saturated heterocycles. The fourth-order valence-corrected chi connectivity index (χ4v) is 2.45. The first-order valence-electron chi connectivity index (χ1n) is 7.74. The topological polar surface area (TPSA) is 51.2 Å². The van der Waals surface area contributed by atoms with Crippen LogP contribution in [0.2, 0.25) is 0 Å². The Bertz CT molecular complexity index is 667. The number of nitrogens with one attached hydrogen (secondary N) is 1. The molecule has 23 heavy (non-hydrogen) atoms. The molecule has 2 rings (SSSR count). The number of amides is 1. The summed E-state index contributed by atoms with van der Waals surface area (Å²) in [5.41, 5.74) is 1.40. The molecule has 122 valence electrons. The Balaban J connectivity index is 2.14. The summed E-state index contributed by atoms with van der Waals surface area (Å²) in [5.74, 6) is -0.176. The Morgan fingerprint density at radius 1 is 1.26 bits per heavy atom. The van der Waals surface area contributed by atoms with E-state index in [1.807, 2.05) is 12.1 Å². The van der Waals surface area contributed by atoms with Gasteiger partial charge in [0.1, 0.15) is 5.75 Å². The quantitative estimate of drug-likeness (QED) is 0.865. The van der Waals surface area contributed by atoms with Crippen molar-refractivity contribution in [1.29, 1.82) is 0 Å². The van der Waals surface area contributed by atoms with Gasteiger partial charge in [-0.05, 0) is 42.5 Å². The fraction of sp³-hybridized carbons (Fsp3) is 0.333.